The molecule has 168 valence electrons. The largest absolute Gasteiger partial charge is 0.425 e. The number of nitrogens with zero attached hydrogens (tertiary/aromatic N) is 1. The summed E-state index contributed by atoms with van der Waals surface area (Å²) in [6, 6.07) is 10.3. The third-order valence-corrected chi connectivity index (χ3v) is 6.88. The number of fused-ring (bicyclic) bond motifs is 1. The van der Waals surface area contributed by atoms with E-state index in [0.717, 1.165) is 50.8 Å². The molecule has 0 bridgehead atoms. The first-order valence-electron chi connectivity index (χ1n) is 11.4. The van der Waals surface area contributed by atoms with E-state index in [4.69, 9.17) is 4.74 Å². The van der Waals surface area contributed by atoms with Crippen molar-refractivity contribution in [2.24, 2.45) is 0 Å². The third-order valence-electron chi connectivity index (χ3n) is 5.95. The van der Waals surface area contributed by atoms with Gasteiger partial charge in [0.1, 0.15) is 11.8 Å². The summed E-state index contributed by atoms with van der Waals surface area (Å²) in [5.41, 5.74) is 2.41. The summed E-state index contributed by atoms with van der Waals surface area (Å²) in [6.45, 7) is 7.71. The van der Waals surface area contributed by atoms with Gasteiger partial charge in [0, 0.05) is 24.4 Å². The second-order valence-electron chi connectivity index (χ2n) is 8.24. The SMILES string of the molecule is CCCN(CCc1cccs1)C1CCc2c(cccc2OC(=O)C(CC)NC(C)=O)C1. The summed E-state index contributed by atoms with van der Waals surface area (Å²) in [4.78, 5) is 28.0. The second-order valence-corrected chi connectivity index (χ2v) is 9.27. The topological polar surface area (TPSA) is 58.6 Å². The molecule has 5 nitrogen and oxygen atoms in total. The maximum absolute atomic E-state index is 12.6. The molecule has 0 aliphatic heterocycles. The highest BCUT2D eigenvalue weighted by Crippen LogP contribution is 2.32. The van der Waals surface area contributed by atoms with Gasteiger partial charge in [-0.2, -0.15) is 0 Å². The molecule has 1 amide bonds. The van der Waals surface area contributed by atoms with Gasteiger partial charge in [0.15, 0.2) is 0 Å². The van der Waals surface area contributed by atoms with Crippen molar-refractivity contribution in [3.8, 4) is 5.75 Å². The van der Waals surface area contributed by atoms with Crippen molar-refractivity contribution in [3.05, 3.63) is 51.7 Å². The van der Waals surface area contributed by atoms with E-state index in [-0.39, 0.29) is 5.91 Å². The molecule has 0 fully saturated rings. The van der Waals surface area contributed by atoms with E-state index in [1.807, 2.05) is 30.4 Å². The van der Waals surface area contributed by atoms with Crippen LogP contribution >= 0.6 is 11.3 Å². The van der Waals surface area contributed by atoms with E-state index < -0.39 is 12.0 Å². The molecule has 3 rings (SSSR count). The number of carbonyl (C=O) groups is 2. The fourth-order valence-electron chi connectivity index (χ4n) is 4.39. The Balaban J connectivity index is 1.68. The maximum Gasteiger partial charge on any atom is 0.334 e. The second kappa shape index (κ2) is 11.4. The van der Waals surface area contributed by atoms with Crippen molar-refractivity contribution in [3.63, 3.8) is 0 Å². The van der Waals surface area contributed by atoms with Crippen LogP contribution in [-0.2, 0) is 28.9 Å². The molecule has 1 aromatic carbocycles. The number of benzene rings is 1. The van der Waals surface area contributed by atoms with E-state index in [2.05, 4.69) is 40.7 Å². The zero-order chi connectivity index (χ0) is 22.2. The Labute approximate surface area is 189 Å². The van der Waals surface area contributed by atoms with E-state index in [9.17, 15) is 9.59 Å². The lowest BCUT2D eigenvalue weighted by molar-refractivity contribution is -0.139. The van der Waals surface area contributed by atoms with Gasteiger partial charge in [-0.25, -0.2) is 4.79 Å². The molecule has 2 aromatic rings. The van der Waals surface area contributed by atoms with Gasteiger partial charge in [-0.3, -0.25) is 9.69 Å². The van der Waals surface area contributed by atoms with Crippen LogP contribution in [0.1, 0.15) is 56.0 Å². The van der Waals surface area contributed by atoms with Crippen LogP contribution in [-0.4, -0.2) is 41.9 Å². The van der Waals surface area contributed by atoms with Crippen molar-refractivity contribution in [2.75, 3.05) is 13.1 Å². The lowest BCUT2D eigenvalue weighted by Gasteiger charge is -2.35. The Hall–Kier alpha value is -2.18. The number of carbonyl (C=O) groups excluding carboxylic acids is 2. The highest BCUT2D eigenvalue weighted by molar-refractivity contribution is 7.09. The summed E-state index contributed by atoms with van der Waals surface area (Å²) in [6.07, 6.45) is 5.70. The van der Waals surface area contributed by atoms with Gasteiger partial charge in [0.2, 0.25) is 5.91 Å². The van der Waals surface area contributed by atoms with Gasteiger partial charge in [0.05, 0.1) is 0 Å². The molecular weight excluding hydrogens is 408 g/mol. The average Bonchev–Trinajstić information content (AvgIpc) is 3.28. The van der Waals surface area contributed by atoms with Gasteiger partial charge in [-0.1, -0.05) is 32.0 Å². The minimum Gasteiger partial charge on any atom is -0.425 e. The molecule has 1 aliphatic carbocycles. The number of esters is 1. The molecule has 1 aliphatic rings. The van der Waals surface area contributed by atoms with Crippen LogP contribution in [0.4, 0.5) is 0 Å². The predicted octanol–water partition coefficient (Wildman–Crippen LogP) is 4.38. The standard InChI is InChI=1S/C25H34N2O3S/c1-4-14-27(15-13-21-9-7-16-31-21)20-11-12-22-19(17-20)8-6-10-24(22)30-25(29)23(5-2)26-18(3)28/h6-10,16,20,23H,4-5,11-15,17H2,1-3H3,(H,26,28). The smallest absolute Gasteiger partial charge is 0.334 e. The minimum absolute atomic E-state index is 0.222. The number of thiophene rings is 1. The van der Waals surface area contributed by atoms with Gasteiger partial charge < -0.3 is 10.1 Å². The maximum atomic E-state index is 12.6. The molecule has 31 heavy (non-hydrogen) atoms. The van der Waals surface area contributed by atoms with Gasteiger partial charge in [0.25, 0.3) is 0 Å². The summed E-state index contributed by atoms with van der Waals surface area (Å²) >= 11 is 1.83. The van der Waals surface area contributed by atoms with Crippen molar-refractivity contribution in [1.82, 2.24) is 10.2 Å². The molecule has 1 heterocycles. The first-order valence-corrected chi connectivity index (χ1v) is 12.3. The number of amides is 1. The van der Waals surface area contributed by atoms with Gasteiger partial charge in [-0.15, -0.1) is 11.3 Å². The lowest BCUT2D eigenvalue weighted by Crippen LogP contribution is -2.42. The first kappa shape index (κ1) is 23.5. The number of rotatable bonds is 10. The Morgan fingerprint density at radius 1 is 1.23 bits per heavy atom. The molecular formula is C25H34N2O3S. The van der Waals surface area contributed by atoms with Crippen LogP contribution in [0, 0.1) is 0 Å². The Morgan fingerprint density at radius 3 is 2.74 bits per heavy atom. The Bertz CT molecular complexity index is 866. The van der Waals surface area contributed by atoms with E-state index >= 15 is 0 Å². The van der Waals surface area contributed by atoms with Crippen molar-refractivity contribution < 1.29 is 14.3 Å². The normalized spacial score (nSPS) is 16.6. The highest BCUT2D eigenvalue weighted by atomic mass is 32.1. The summed E-state index contributed by atoms with van der Waals surface area (Å²) in [5, 5.41) is 4.82. The monoisotopic (exact) mass is 442 g/mol. The van der Waals surface area contributed by atoms with Gasteiger partial charge in [-0.05, 0) is 73.7 Å². The van der Waals surface area contributed by atoms with Crippen molar-refractivity contribution >= 4 is 23.2 Å². The van der Waals surface area contributed by atoms with Crippen LogP contribution in [0.5, 0.6) is 5.75 Å². The fourth-order valence-corrected chi connectivity index (χ4v) is 5.08. The lowest BCUT2D eigenvalue weighted by atomic mass is 9.86. The predicted molar refractivity (Wildman–Crippen MR) is 126 cm³/mol. The fraction of sp³-hybridized carbons (Fsp3) is 0.520. The Morgan fingerprint density at radius 2 is 2.06 bits per heavy atom. The Kier molecular flexibility index (Phi) is 8.67. The zero-order valence-corrected chi connectivity index (χ0v) is 19.7. The van der Waals surface area contributed by atoms with Crippen molar-refractivity contribution in [2.45, 2.75) is 71.4 Å². The highest BCUT2D eigenvalue weighted by Gasteiger charge is 2.27. The minimum atomic E-state index is -0.609. The van der Waals surface area contributed by atoms with Crippen LogP contribution < -0.4 is 10.1 Å². The molecule has 1 aromatic heterocycles. The summed E-state index contributed by atoms with van der Waals surface area (Å²) in [5.74, 6) is 0.0301. The summed E-state index contributed by atoms with van der Waals surface area (Å²) in [7, 11) is 0. The number of ether oxygens (including phenoxy) is 1. The van der Waals surface area contributed by atoms with Crippen LogP contribution in [0.15, 0.2) is 35.7 Å². The average molecular weight is 443 g/mol. The van der Waals surface area contributed by atoms with Gasteiger partial charge >= 0.3 is 5.97 Å². The molecule has 0 radical (unpaired) electrons. The molecule has 2 atom stereocenters. The molecule has 6 heteroatoms. The number of hydrogen-bond donors (Lipinski definition) is 1. The molecule has 1 N–H and O–H groups in total. The third kappa shape index (κ3) is 6.40. The van der Waals surface area contributed by atoms with E-state index in [1.54, 1.807) is 0 Å². The first-order chi connectivity index (χ1) is 15.0. The summed E-state index contributed by atoms with van der Waals surface area (Å²) < 4.78 is 5.74. The molecule has 0 saturated heterocycles. The van der Waals surface area contributed by atoms with E-state index in [0.29, 0.717) is 18.2 Å². The number of hydrogen-bond acceptors (Lipinski definition) is 5. The number of nitrogens with one attached hydrogen (secondary N) is 1. The molecule has 2 unspecified atom stereocenters. The van der Waals surface area contributed by atoms with Crippen LogP contribution in [0.25, 0.3) is 0 Å². The molecule has 0 saturated carbocycles. The van der Waals surface area contributed by atoms with E-state index in [1.165, 1.54) is 17.4 Å². The molecule has 0 spiro atoms. The van der Waals surface area contributed by atoms with Crippen molar-refractivity contribution in [1.29, 1.82) is 0 Å². The van der Waals surface area contributed by atoms with Crippen LogP contribution in [0.2, 0.25) is 0 Å². The zero-order valence-electron chi connectivity index (χ0n) is 18.9. The quantitative estimate of drug-likeness (QED) is 0.438. The van der Waals surface area contributed by atoms with Crippen LogP contribution in [0.3, 0.4) is 0 Å².